The lowest BCUT2D eigenvalue weighted by molar-refractivity contribution is 0.370. The van der Waals surface area contributed by atoms with Gasteiger partial charge in [-0.2, -0.15) is 0 Å². The number of hydrogen-bond acceptors (Lipinski definition) is 1. The van der Waals surface area contributed by atoms with Gasteiger partial charge in [-0.1, -0.05) is 0 Å². The molecule has 116 valence electrons. The average molecular weight is 325 g/mol. The molecule has 0 spiro atoms. The highest BCUT2D eigenvalue weighted by Crippen LogP contribution is 2.36. The van der Waals surface area contributed by atoms with Crippen LogP contribution in [0.1, 0.15) is 6.42 Å². The van der Waals surface area contributed by atoms with E-state index in [4.69, 9.17) is 9.79 Å². The second kappa shape index (κ2) is 5.47. The molecule has 4 nitrogen and oxygen atoms in total. The smallest absolute Gasteiger partial charge is 0.325 e. The van der Waals surface area contributed by atoms with Gasteiger partial charge in [0.1, 0.15) is 11.6 Å². The highest BCUT2D eigenvalue weighted by Gasteiger charge is 2.15. The first kappa shape index (κ1) is 15.2. The van der Waals surface area contributed by atoms with Crippen LogP contribution in [0.2, 0.25) is 0 Å². The zero-order chi connectivity index (χ0) is 15.9. The van der Waals surface area contributed by atoms with Crippen LogP contribution < -0.4 is 0 Å². The predicted molar refractivity (Wildman–Crippen MR) is 80.9 cm³/mol. The summed E-state index contributed by atoms with van der Waals surface area (Å²) >= 11 is 0. The first-order valence-electron chi connectivity index (χ1n) is 6.77. The normalized spacial score (nSPS) is 12.4. The number of aromatic nitrogens is 1. The molecule has 0 aliphatic heterocycles. The van der Waals surface area contributed by atoms with Crippen molar-refractivity contribution in [2.24, 2.45) is 0 Å². The van der Waals surface area contributed by atoms with Gasteiger partial charge in [0.05, 0.1) is 6.16 Å². The monoisotopic (exact) mass is 325 g/mol. The molecular formula is C15H14F2NO3P. The lowest BCUT2D eigenvalue weighted by atomic mass is 10.1. The van der Waals surface area contributed by atoms with Crippen molar-refractivity contribution in [3.05, 3.63) is 48.0 Å². The zero-order valence-corrected chi connectivity index (χ0v) is 12.4. The molecule has 0 fully saturated rings. The SMILES string of the molecule is O=P(O)(O)CCCn1c2ccc(F)cc2c2cc(F)ccc21. The average Bonchev–Trinajstić information content (AvgIpc) is 2.71. The van der Waals surface area contributed by atoms with Gasteiger partial charge in [0, 0.05) is 28.4 Å². The maximum atomic E-state index is 13.5. The van der Waals surface area contributed by atoms with E-state index in [-0.39, 0.29) is 12.6 Å². The van der Waals surface area contributed by atoms with E-state index in [1.807, 2.05) is 4.57 Å². The molecule has 0 radical (unpaired) electrons. The standard InChI is InChI=1S/C15H14F2NO3P/c16-10-2-4-14-12(8-10)13-9-11(17)3-5-15(13)18(14)6-1-7-22(19,20)21/h2-5,8-9H,1,6-7H2,(H2,19,20,21). The van der Waals surface area contributed by atoms with Crippen molar-refractivity contribution < 1.29 is 23.1 Å². The number of benzene rings is 2. The van der Waals surface area contributed by atoms with Gasteiger partial charge in [0.2, 0.25) is 0 Å². The quantitative estimate of drug-likeness (QED) is 0.720. The molecule has 0 unspecified atom stereocenters. The first-order valence-corrected chi connectivity index (χ1v) is 8.56. The minimum absolute atomic E-state index is 0.226. The summed E-state index contributed by atoms with van der Waals surface area (Å²) in [5.41, 5.74) is 1.43. The Kier molecular flexibility index (Phi) is 3.77. The Hall–Kier alpha value is -1.75. The van der Waals surface area contributed by atoms with Crippen molar-refractivity contribution in [1.29, 1.82) is 0 Å². The molecule has 0 atom stereocenters. The Morgan fingerprint density at radius 1 is 0.955 bits per heavy atom. The molecule has 0 aliphatic carbocycles. The number of aryl methyl sites for hydroxylation is 1. The van der Waals surface area contributed by atoms with E-state index in [9.17, 15) is 13.3 Å². The number of halogens is 2. The van der Waals surface area contributed by atoms with Gasteiger partial charge in [-0.3, -0.25) is 4.57 Å². The number of rotatable bonds is 4. The molecule has 22 heavy (non-hydrogen) atoms. The van der Waals surface area contributed by atoms with Crippen LogP contribution in [-0.4, -0.2) is 20.5 Å². The first-order chi connectivity index (χ1) is 10.3. The van der Waals surface area contributed by atoms with Crippen molar-refractivity contribution in [2.75, 3.05) is 6.16 Å². The topological polar surface area (TPSA) is 62.5 Å². The Bertz CT molecular complexity index is 841. The summed E-state index contributed by atoms with van der Waals surface area (Å²) in [6.45, 7) is 0.363. The zero-order valence-electron chi connectivity index (χ0n) is 11.5. The summed E-state index contributed by atoms with van der Waals surface area (Å²) in [4.78, 5) is 17.9. The summed E-state index contributed by atoms with van der Waals surface area (Å²) in [6, 6.07) is 8.52. The molecular weight excluding hydrogens is 311 g/mol. The molecule has 0 aliphatic rings. The molecule has 2 aromatic carbocycles. The van der Waals surface area contributed by atoms with Crippen LogP contribution in [0.3, 0.4) is 0 Å². The van der Waals surface area contributed by atoms with Crippen LogP contribution in [0.25, 0.3) is 21.8 Å². The van der Waals surface area contributed by atoms with Gasteiger partial charge >= 0.3 is 7.60 Å². The van der Waals surface area contributed by atoms with Crippen LogP contribution in [-0.2, 0) is 11.1 Å². The molecule has 3 rings (SSSR count). The molecule has 7 heteroatoms. The molecule has 1 heterocycles. The van der Waals surface area contributed by atoms with Crippen LogP contribution in [0.4, 0.5) is 8.78 Å². The van der Waals surface area contributed by atoms with Gasteiger partial charge in [-0.05, 0) is 42.8 Å². The van der Waals surface area contributed by atoms with Crippen LogP contribution in [0.15, 0.2) is 36.4 Å². The largest absolute Gasteiger partial charge is 0.340 e. The highest BCUT2D eigenvalue weighted by atomic mass is 31.2. The summed E-state index contributed by atoms with van der Waals surface area (Å²) in [7, 11) is -4.05. The van der Waals surface area contributed by atoms with Crippen molar-refractivity contribution >= 4 is 29.4 Å². The second-order valence-electron chi connectivity index (χ2n) is 5.22. The summed E-state index contributed by atoms with van der Waals surface area (Å²) in [5.74, 6) is -0.822. The van der Waals surface area contributed by atoms with Gasteiger partial charge in [0.15, 0.2) is 0 Å². The van der Waals surface area contributed by atoms with Crippen molar-refractivity contribution in [3.63, 3.8) is 0 Å². The summed E-state index contributed by atoms with van der Waals surface area (Å²) < 4.78 is 39.7. The fourth-order valence-electron chi connectivity index (χ4n) is 2.72. The third-order valence-corrected chi connectivity index (χ3v) is 4.52. The Morgan fingerprint density at radius 3 is 1.91 bits per heavy atom. The molecule has 0 amide bonds. The molecule has 0 saturated heterocycles. The van der Waals surface area contributed by atoms with Gasteiger partial charge in [-0.25, -0.2) is 8.78 Å². The van der Waals surface area contributed by atoms with E-state index < -0.39 is 19.2 Å². The van der Waals surface area contributed by atoms with Crippen molar-refractivity contribution in [1.82, 2.24) is 4.57 Å². The van der Waals surface area contributed by atoms with Crippen LogP contribution in [0.5, 0.6) is 0 Å². The highest BCUT2D eigenvalue weighted by molar-refractivity contribution is 7.51. The fraction of sp³-hybridized carbons (Fsp3) is 0.200. The van der Waals surface area contributed by atoms with E-state index in [2.05, 4.69) is 0 Å². The van der Waals surface area contributed by atoms with Gasteiger partial charge < -0.3 is 14.4 Å². The van der Waals surface area contributed by atoms with Crippen molar-refractivity contribution in [3.8, 4) is 0 Å². The molecule has 0 saturated carbocycles. The van der Waals surface area contributed by atoms with Crippen LogP contribution >= 0.6 is 7.60 Å². The third-order valence-electron chi connectivity index (χ3n) is 3.62. The predicted octanol–water partition coefficient (Wildman–Crippen LogP) is 3.64. The third kappa shape index (κ3) is 2.90. The maximum absolute atomic E-state index is 13.5. The van der Waals surface area contributed by atoms with Gasteiger partial charge in [-0.15, -0.1) is 0 Å². The molecule has 0 bridgehead atoms. The van der Waals surface area contributed by atoms with E-state index in [1.165, 1.54) is 24.3 Å². The second-order valence-corrected chi connectivity index (χ2v) is 6.99. The lowest BCUT2D eigenvalue weighted by Crippen LogP contribution is -2.00. The van der Waals surface area contributed by atoms with E-state index in [0.717, 1.165) is 0 Å². The summed E-state index contributed by atoms with van der Waals surface area (Å²) in [6.07, 6.45) is 0.0501. The van der Waals surface area contributed by atoms with Crippen LogP contribution in [0, 0.1) is 11.6 Å². The lowest BCUT2D eigenvalue weighted by Gasteiger charge is -2.08. The van der Waals surface area contributed by atoms with Crippen molar-refractivity contribution in [2.45, 2.75) is 13.0 Å². The minimum atomic E-state index is -4.05. The number of fused-ring (bicyclic) bond motifs is 3. The van der Waals surface area contributed by atoms with E-state index >= 15 is 0 Å². The number of hydrogen-bond donors (Lipinski definition) is 2. The Morgan fingerprint density at radius 2 is 1.45 bits per heavy atom. The van der Waals surface area contributed by atoms with Gasteiger partial charge in [0.25, 0.3) is 0 Å². The Labute approximate surface area is 125 Å². The molecule has 2 N–H and O–H groups in total. The van der Waals surface area contributed by atoms with E-state index in [0.29, 0.717) is 28.4 Å². The molecule has 3 aromatic rings. The maximum Gasteiger partial charge on any atom is 0.325 e. The summed E-state index contributed by atoms with van der Waals surface area (Å²) in [5, 5.41) is 1.18. The van der Waals surface area contributed by atoms with E-state index in [1.54, 1.807) is 12.1 Å². The Balaban J connectivity index is 2.12. The minimum Gasteiger partial charge on any atom is -0.340 e. The fourth-order valence-corrected chi connectivity index (χ4v) is 3.28. The number of nitrogens with zero attached hydrogens (tertiary/aromatic N) is 1. The molecule has 1 aromatic heterocycles.